The second-order valence-electron chi connectivity index (χ2n) is 2.01. The molecular weight excluding hydrogens is 146 g/mol. The fraction of sp³-hybridized carbons (Fsp3) is 0.167. The van der Waals surface area contributed by atoms with Crippen LogP contribution in [0.3, 0.4) is 0 Å². The van der Waals surface area contributed by atoms with E-state index in [4.69, 9.17) is 5.73 Å². The van der Waals surface area contributed by atoms with E-state index in [2.05, 4.69) is 4.98 Å². The van der Waals surface area contributed by atoms with Crippen LogP contribution in [0.5, 0.6) is 0 Å². The molecule has 5 heteroatoms. The van der Waals surface area contributed by atoms with Crippen molar-refractivity contribution in [3.8, 4) is 0 Å². The first-order chi connectivity index (χ1) is 5.20. The molecule has 1 heterocycles. The number of amides is 1. The highest BCUT2D eigenvalue weighted by molar-refractivity contribution is 5.73. The van der Waals surface area contributed by atoms with Crippen LogP contribution in [0.2, 0.25) is 0 Å². The molecule has 5 nitrogen and oxygen atoms in total. The Hall–Kier alpha value is -1.65. The monoisotopic (exact) mass is 153 g/mol. The van der Waals surface area contributed by atoms with Gasteiger partial charge in [-0.15, -0.1) is 0 Å². The Morgan fingerprint density at radius 3 is 3.00 bits per heavy atom. The number of hydrogen-bond donors (Lipinski definition) is 1. The zero-order valence-corrected chi connectivity index (χ0v) is 5.73. The van der Waals surface area contributed by atoms with Gasteiger partial charge in [0, 0.05) is 12.3 Å². The molecule has 58 valence electrons. The second kappa shape index (κ2) is 2.96. The number of nitrogens with two attached hydrogens (primary N) is 1. The molecule has 2 N–H and O–H groups in total. The van der Waals surface area contributed by atoms with Gasteiger partial charge in [-0.25, -0.2) is 4.98 Å². The standard InChI is InChI=1S/C6H7N3O2/c7-5(10)3-9-4-8-2-1-6(9)11/h1-2,4H,3H2,(H2,7,10). The van der Waals surface area contributed by atoms with E-state index in [0.29, 0.717) is 0 Å². The van der Waals surface area contributed by atoms with Gasteiger partial charge in [0.25, 0.3) is 5.56 Å². The lowest BCUT2D eigenvalue weighted by Gasteiger charge is -1.97. The lowest BCUT2D eigenvalue weighted by Crippen LogP contribution is -2.27. The average molecular weight is 153 g/mol. The first kappa shape index (κ1) is 7.46. The van der Waals surface area contributed by atoms with Crippen molar-refractivity contribution in [3.63, 3.8) is 0 Å². The molecule has 1 amide bonds. The molecule has 0 aliphatic rings. The van der Waals surface area contributed by atoms with E-state index in [0.717, 1.165) is 4.57 Å². The van der Waals surface area contributed by atoms with Gasteiger partial charge < -0.3 is 5.73 Å². The maximum atomic E-state index is 10.9. The number of carbonyl (C=O) groups is 1. The first-order valence-corrected chi connectivity index (χ1v) is 2.99. The number of aromatic nitrogens is 2. The minimum absolute atomic E-state index is 0.118. The third-order valence-electron chi connectivity index (χ3n) is 1.12. The third kappa shape index (κ3) is 1.89. The quantitative estimate of drug-likeness (QED) is 0.575. The summed E-state index contributed by atoms with van der Waals surface area (Å²) in [7, 11) is 0. The Morgan fingerprint density at radius 1 is 1.73 bits per heavy atom. The summed E-state index contributed by atoms with van der Waals surface area (Å²) in [5.41, 5.74) is 4.59. The predicted molar refractivity (Wildman–Crippen MR) is 37.7 cm³/mol. The molecule has 0 spiro atoms. The van der Waals surface area contributed by atoms with Crippen LogP contribution in [0.15, 0.2) is 23.4 Å². The van der Waals surface area contributed by atoms with Crippen molar-refractivity contribution in [2.24, 2.45) is 5.73 Å². The highest BCUT2D eigenvalue weighted by Crippen LogP contribution is 1.75. The fourth-order valence-electron chi connectivity index (χ4n) is 0.665. The van der Waals surface area contributed by atoms with Gasteiger partial charge in [0.15, 0.2) is 0 Å². The Labute approximate surface area is 62.5 Å². The molecule has 0 radical (unpaired) electrons. The summed E-state index contributed by atoms with van der Waals surface area (Å²) in [6, 6.07) is 1.27. The van der Waals surface area contributed by atoms with Gasteiger partial charge in [-0.3, -0.25) is 14.2 Å². The molecule has 0 atom stereocenters. The maximum Gasteiger partial charge on any atom is 0.253 e. The van der Waals surface area contributed by atoms with Crippen LogP contribution in [0, 0.1) is 0 Å². The van der Waals surface area contributed by atoms with E-state index in [9.17, 15) is 9.59 Å². The zero-order valence-electron chi connectivity index (χ0n) is 5.73. The number of carbonyl (C=O) groups excluding carboxylic acids is 1. The van der Waals surface area contributed by atoms with Crippen molar-refractivity contribution < 1.29 is 4.79 Å². The number of nitrogens with zero attached hydrogens (tertiary/aromatic N) is 2. The summed E-state index contributed by atoms with van der Waals surface area (Å²) < 4.78 is 1.14. The number of rotatable bonds is 2. The molecular formula is C6H7N3O2. The van der Waals surface area contributed by atoms with E-state index < -0.39 is 5.91 Å². The van der Waals surface area contributed by atoms with Gasteiger partial charge in [0.05, 0.1) is 6.33 Å². The smallest absolute Gasteiger partial charge is 0.253 e. The summed E-state index contributed by atoms with van der Waals surface area (Å²) in [6.45, 7) is -0.118. The highest BCUT2D eigenvalue weighted by Gasteiger charge is 1.97. The number of primary amides is 1. The van der Waals surface area contributed by atoms with E-state index in [1.54, 1.807) is 0 Å². The summed E-state index contributed by atoms with van der Waals surface area (Å²) in [6.07, 6.45) is 2.63. The summed E-state index contributed by atoms with van der Waals surface area (Å²) in [5, 5.41) is 0. The molecule has 0 bridgehead atoms. The average Bonchev–Trinajstić information content (AvgIpc) is 1.93. The van der Waals surface area contributed by atoms with Crippen LogP contribution < -0.4 is 11.3 Å². The Kier molecular flexibility index (Phi) is 2.00. The van der Waals surface area contributed by atoms with Crippen LogP contribution in [0.1, 0.15) is 0 Å². The summed E-state index contributed by atoms with van der Waals surface area (Å²) >= 11 is 0. The Morgan fingerprint density at radius 2 is 2.45 bits per heavy atom. The zero-order chi connectivity index (χ0) is 8.27. The van der Waals surface area contributed by atoms with E-state index >= 15 is 0 Å². The fourth-order valence-corrected chi connectivity index (χ4v) is 0.665. The molecule has 0 aliphatic carbocycles. The van der Waals surface area contributed by atoms with Crippen molar-refractivity contribution in [1.29, 1.82) is 0 Å². The summed E-state index contributed by atoms with van der Waals surface area (Å²) in [5.74, 6) is -0.555. The van der Waals surface area contributed by atoms with Gasteiger partial charge >= 0.3 is 0 Å². The highest BCUT2D eigenvalue weighted by atomic mass is 16.2. The van der Waals surface area contributed by atoms with E-state index in [1.807, 2.05) is 0 Å². The van der Waals surface area contributed by atoms with E-state index in [-0.39, 0.29) is 12.1 Å². The van der Waals surface area contributed by atoms with Crippen LogP contribution in [0.25, 0.3) is 0 Å². The normalized spacial score (nSPS) is 9.45. The van der Waals surface area contributed by atoms with Crippen LogP contribution in [0.4, 0.5) is 0 Å². The van der Waals surface area contributed by atoms with Crippen molar-refractivity contribution in [2.75, 3.05) is 0 Å². The minimum Gasteiger partial charge on any atom is -0.368 e. The Bertz CT molecular complexity index is 318. The molecule has 0 fully saturated rings. The lowest BCUT2D eigenvalue weighted by molar-refractivity contribution is -0.118. The van der Waals surface area contributed by atoms with Crippen LogP contribution >= 0.6 is 0 Å². The molecule has 1 rings (SSSR count). The lowest BCUT2D eigenvalue weighted by atomic mass is 10.5. The van der Waals surface area contributed by atoms with Gasteiger partial charge in [-0.1, -0.05) is 0 Å². The molecule has 11 heavy (non-hydrogen) atoms. The van der Waals surface area contributed by atoms with Crippen molar-refractivity contribution in [1.82, 2.24) is 9.55 Å². The van der Waals surface area contributed by atoms with Crippen LogP contribution in [-0.2, 0) is 11.3 Å². The third-order valence-corrected chi connectivity index (χ3v) is 1.12. The minimum atomic E-state index is -0.555. The Balaban J connectivity index is 2.95. The molecule has 0 aromatic carbocycles. The van der Waals surface area contributed by atoms with Crippen LogP contribution in [-0.4, -0.2) is 15.5 Å². The summed E-state index contributed by atoms with van der Waals surface area (Å²) in [4.78, 5) is 24.9. The molecule has 0 aliphatic heterocycles. The van der Waals surface area contributed by atoms with Gasteiger partial charge in [0.2, 0.25) is 5.91 Å². The van der Waals surface area contributed by atoms with E-state index in [1.165, 1.54) is 18.6 Å². The molecule has 0 saturated heterocycles. The van der Waals surface area contributed by atoms with Crippen molar-refractivity contribution in [2.45, 2.75) is 6.54 Å². The SMILES string of the molecule is NC(=O)Cn1cnccc1=O. The molecule has 1 aromatic heterocycles. The maximum absolute atomic E-state index is 10.9. The largest absolute Gasteiger partial charge is 0.368 e. The topological polar surface area (TPSA) is 78.0 Å². The van der Waals surface area contributed by atoms with Gasteiger partial charge in [-0.05, 0) is 0 Å². The van der Waals surface area contributed by atoms with Gasteiger partial charge in [0.1, 0.15) is 6.54 Å². The molecule has 0 saturated carbocycles. The van der Waals surface area contributed by atoms with Crippen molar-refractivity contribution in [3.05, 3.63) is 28.9 Å². The number of hydrogen-bond acceptors (Lipinski definition) is 3. The molecule has 0 unspecified atom stereocenters. The second-order valence-corrected chi connectivity index (χ2v) is 2.01. The van der Waals surface area contributed by atoms with Gasteiger partial charge in [-0.2, -0.15) is 0 Å². The molecule has 1 aromatic rings. The van der Waals surface area contributed by atoms with Crippen molar-refractivity contribution >= 4 is 5.91 Å². The first-order valence-electron chi connectivity index (χ1n) is 2.99. The predicted octanol–water partition coefficient (Wildman–Crippen LogP) is -1.27.